The normalized spacial score (nSPS) is 17.6. The standard InChI is InChI=1S/C20H25NO/c1-22-20-11-10-18-14-19(9-5-8-17(18)15-20)21-13-12-16-6-3-2-4-7-16/h2-4,6-7,10-11,15,19,21H,5,8-9,12-14H2,1H3. The number of hydrogen-bond donors (Lipinski definition) is 1. The minimum absolute atomic E-state index is 0.596. The van der Waals surface area contributed by atoms with Crippen LogP contribution in [0.4, 0.5) is 0 Å². The molecule has 2 aromatic carbocycles. The van der Waals surface area contributed by atoms with Gasteiger partial charge in [-0.3, -0.25) is 0 Å². The molecule has 0 amide bonds. The number of rotatable bonds is 5. The SMILES string of the molecule is COc1ccc2c(c1)CCCC(NCCc1ccccc1)C2. The number of aryl methyl sites for hydroxylation is 1. The average molecular weight is 295 g/mol. The number of nitrogens with one attached hydrogen (secondary N) is 1. The van der Waals surface area contributed by atoms with Crippen molar-refractivity contribution in [2.24, 2.45) is 0 Å². The van der Waals surface area contributed by atoms with E-state index in [1.165, 1.54) is 36.0 Å². The fraction of sp³-hybridized carbons (Fsp3) is 0.400. The van der Waals surface area contributed by atoms with E-state index >= 15 is 0 Å². The molecule has 1 atom stereocenters. The first-order valence-corrected chi connectivity index (χ1v) is 8.28. The molecule has 0 fully saturated rings. The van der Waals surface area contributed by atoms with E-state index in [1.54, 1.807) is 7.11 Å². The molecule has 0 aliphatic heterocycles. The first-order valence-electron chi connectivity index (χ1n) is 8.28. The van der Waals surface area contributed by atoms with Crippen LogP contribution in [0.3, 0.4) is 0 Å². The van der Waals surface area contributed by atoms with Gasteiger partial charge in [0.1, 0.15) is 5.75 Å². The molecule has 0 heterocycles. The van der Waals surface area contributed by atoms with E-state index in [2.05, 4.69) is 53.8 Å². The minimum atomic E-state index is 0.596. The van der Waals surface area contributed by atoms with Gasteiger partial charge in [-0.2, -0.15) is 0 Å². The van der Waals surface area contributed by atoms with Crippen LogP contribution in [0, 0.1) is 0 Å². The van der Waals surface area contributed by atoms with Crippen molar-refractivity contribution < 1.29 is 4.74 Å². The van der Waals surface area contributed by atoms with Crippen molar-refractivity contribution in [1.29, 1.82) is 0 Å². The van der Waals surface area contributed by atoms with E-state index in [1.807, 2.05) is 0 Å². The lowest BCUT2D eigenvalue weighted by molar-refractivity contribution is 0.414. The van der Waals surface area contributed by atoms with Crippen LogP contribution in [-0.4, -0.2) is 19.7 Å². The van der Waals surface area contributed by atoms with Gasteiger partial charge in [-0.05, 0) is 67.5 Å². The minimum Gasteiger partial charge on any atom is -0.497 e. The van der Waals surface area contributed by atoms with Crippen LogP contribution in [0.2, 0.25) is 0 Å². The maximum absolute atomic E-state index is 5.35. The lowest BCUT2D eigenvalue weighted by atomic mass is 10.0. The lowest BCUT2D eigenvalue weighted by Crippen LogP contribution is -2.32. The zero-order chi connectivity index (χ0) is 15.2. The molecule has 1 N–H and O–H groups in total. The van der Waals surface area contributed by atoms with Crippen LogP contribution in [0.5, 0.6) is 5.75 Å². The van der Waals surface area contributed by atoms with Crippen molar-refractivity contribution in [3.05, 3.63) is 65.2 Å². The van der Waals surface area contributed by atoms with Crippen molar-refractivity contribution >= 4 is 0 Å². The summed E-state index contributed by atoms with van der Waals surface area (Å²) >= 11 is 0. The highest BCUT2D eigenvalue weighted by Crippen LogP contribution is 2.25. The van der Waals surface area contributed by atoms with Crippen LogP contribution in [0.15, 0.2) is 48.5 Å². The van der Waals surface area contributed by atoms with E-state index < -0.39 is 0 Å². The molecule has 116 valence electrons. The molecule has 0 saturated heterocycles. The molecule has 2 heteroatoms. The zero-order valence-corrected chi connectivity index (χ0v) is 13.3. The second-order valence-corrected chi connectivity index (χ2v) is 6.12. The lowest BCUT2D eigenvalue weighted by Gasteiger charge is -2.17. The molecule has 3 rings (SSSR count). The van der Waals surface area contributed by atoms with Crippen LogP contribution >= 0.6 is 0 Å². The number of ether oxygens (including phenoxy) is 1. The Bertz CT molecular complexity index is 594. The molecule has 0 radical (unpaired) electrons. The number of hydrogen-bond acceptors (Lipinski definition) is 2. The summed E-state index contributed by atoms with van der Waals surface area (Å²) in [5.74, 6) is 0.981. The summed E-state index contributed by atoms with van der Waals surface area (Å²) in [7, 11) is 1.74. The third kappa shape index (κ3) is 3.89. The molecule has 0 aromatic heterocycles. The fourth-order valence-electron chi connectivity index (χ4n) is 3.31. The molecule has 22 heavy (non-hydrogen) atoms. The third-order valence-electron chi connectivity index (χ3n) is 4.57. The van der Waals surface area contributed by atoms with Gasteiger partial charge in [-0.25, -0.2) is 0 Å². The molecular formula is C20H25NO. The topological polar surface area (TPSA) is 21.3 Å². The second kappa shape index (κ2) is 7.46. The third-order valence-corrected chi connectivity index (χ3v) is 4.57. The molecule has 1 aliphatic rings. The number of benzene rings is 2. The number of methoxy groups -OCH3 is 1. The predicted octanol–water partition coefficient (Wildman–Crippen LogP) is 3.77. The van der Waals surface area contributed by atoms with Gasteiger partial charge in [-0.15, -0.1) is 0 Å². The van der Waals surface area contributed by atoms with Crippen molar-refractivity contribution in [2.75, 3.05) is 13.7 Å². The van der Waals surface area contributed by atoms with Gasteiger partial charge < -0.3 is 10.1 Å². The summed E-state index contributed by atoms with van der Waals surface area (Å²) in [6.45, 7) is 1.06. The Morgan fingerprint density at radius 2 is 1.95 bits per heavy atom. The van der Waals surface area contributed by atoms with Gasteiger partial charge in [0.05, 0.1) is 7.11 Å². The summed E-state index contributed by atoms with van der Waals surface area (Å²) in [5.41, 5.74) is 4.36. The summed E-state index contributed by atoms with van der Waals surface area (Å²) < 4.78 is 5.35. The van der Waals surface area contributed by atoms with Gasteiger partial charge in [0.25, 0.3) is 0 Å². The van der Waals surface area contributed by atoms with Crippen LogP contribution in [0.1, 0.15) is 29.5 Å². The Labute approximate surface area is 133 Å². The Morgan fingerprint density at radius 1 is 1.09 bits per heavy atom. The smallest absolute Gasteiger partial charge is 0.119 e. The van der Waals surface area contributed by atoms with Gasteiger partial charge in [0, 0.05) is 6.04 Å². The van der Waals surface area contributed by atoms with E-state index in [0.717, 1.165) is 25.1 Å². The van der Waals surface area contributed by atoms with E-state index in [9.17, 15) is 0 Å². The Balaban J connectivity index is 1.56. The highest BCUT2D eigenvalue weighted by molar-refractivity contribution is 5.37. The fourth-order valence-corrected chi connectivity index (χ4v) is 3.31. The van der Waals surface area contributed by atoms with Crippen LogP contribution < -0.4 is 10.1 Å². The molecule has 1 aliphatic carbocycles. The van der Waals surface area contributed by atoms with E-state index in [-0.39, 0.29) is 0 Å². The van der Waals surface area contributed by atoms with Gasteiger partial charge in [0.2, 0.25) is 0 Å². The Hall–Kier alpha value is -1.80. The quantitative estimate of drug-likeness (QED) is 0.848. The highest BCUT2D eigenvalue weighted by Gasteiger charge is 2.16. The summed E-state index contributed by atoms with van der Waals surface area (Å²) in [6.07, 6.45) is 5.92. The maximum Gasteiger partial charge on any atom is 0.119 e. The van der Waals surface area contributed by atoms with Gasteiger partial charge >= 0.3 is 0 Å². The largest absolute Gasteiger partial charge is 0.497 e. The molecule has 0 bridgehead atoms. The molecule has 0 saturated carbocycles. The maximum atomic E-state index is 5.35. The molecule has 2 nitrogen and oxygen atoms in total. The van der Waals surface area contributed by atoms with Crippen molar-refractivity contribution in [3.8, 4) is 5.75 Å². The Kier molecular flexibility index (Phi) is 5.12. The van der Waals surface area contributed by atoms with E-state index in [4.69, 9.17) is 4.74 Å². The summed E-state index contributed by atoms with van der Waals surface area (Å²) in [5, 5.41) is 3.75. The van der Waals surface area contributed by atoms with Crippen LogP contribution in [-0.2, 0) is 19.3 Å². The molecule has 2 aromatic rings. The van der Waals surface area contributed by atoms with Crippen molar-refractivity contribution in [1.82, 2.24) is 5.32 Å². The van der Waals surface area contributed by atoms with Gasteiger partial charge in [-0.1, -0.05) is 36.4 Å². The average Bonchev–Trinajstić information content (AvgIpc) is 2.77. The monoisotopic (exact) mass is 295 g/mol. The first kappa shape index (κ1) is 15.1. The highest BCUT2D eigenvalue weighted by atomic mass is 16.5. The van der Waals surface area contributed by atoms with Gasteiger partial charge in [0.15, 0.2) is 0 Å². The molecule has 0 spiro atoms. The number of fused-ring (bicyclic) bond motifs is 1. The summed E-state index contributed by atoms with van der Waals surface area (Å²) in [4.78, 5) is 0. The van der Waals surface area contributed by atoms with Crippen LogP contribution in [0.25, 0.3) is 0 Å². The summed E-state index contributed by atoms with van der Waals surface area (Å²) in [6, 6.07) is 17.9. The molecular weight excluding hydrogens is 270 g/mol. The first-order chi connectivity index (χ1) is 10.8. The van der Waals surface area contributed by atoms with Crippen molar-refractivity contribution in [2.45, 2.75) is 38.1 Å². The zero-order valence-electron chi connectivity index (χ0n) is 13.3. The van der Waals surface area contributed by atoms with E-state index in [0.29, 0.717) is 6.04 Å². The second-order valence-electron chi connectivity index (χ2n) is 6.12. The molecule has 1 unspecified atom stereocenters. The van der Waals surface area contributed by atoms with Crippen molar-refractivity contribution in [3.63, 3.8) is 0 Å². The predicted molar refractivity (Wildman–Crippen MR) is 91.6 cm³/mol. The Morgan fingerprint density at radius 3 is 2.77 bits per heavy atom.